The number of pyridine rings is 1. The fraction of sp³-hybridized carbons (Fsp3) is 0.333. The normalized spacial score (nSPS) is 16.2. The monoisotopic (exact) mass is 564 g/mol. The molecule has 2 aromatic carbocycles. The van der Waals surface area contributed by atoms with Crippen molar-refractivity contribution < 1.29 is 22.7 Å². The first-order valence-corrected chi connectivity index (χ1v) is 13.5. The Hall–Kier alpha value is -4.25. The number of fused-ring (bicyclic) bond motifs is 1. The Labute approximate surface area is 235 Å². The second kappa shape index (κ2) is 11.7. The fourth-order valence-corrected chi connectivity index (χ4v) is 5.11. The molecule has 3 heterocycles. The van der Waals surface area contributed by atoms with Crippen LogP contribution in [0.2, 0.25) is 0 Å². The molecule has 1 atom stereocenters. The number of nitrogen functional groups attached to an aromatic ring is 1. The van der Waals surface area contributed by atoms with E-state index < -0.39 is 17.8 Å². The van der Waals surface area contributed by atoms with Crippen LogP contribution in [0.1, 0.15) is 38.7 Å². The van der Waals surface area contributed by atoms with E-state index in [4.69, 9.17) is 10.5 Å². The summed E-state index contributed by atoms with van der Waals surface area (Å²) in [4.78, 5) is 28.4. The van der Waals surface area contributed by atoms with Gasteiger partial charge in [-0.2, -0.15) is 13.2 Å². The molecule has 1 aliphatic rings. The van der Waals surface area contributed by atoms with Crippen molar-refractivity contribution in [1.29, 1.82) is 0 Å². The summed E-state index contributed by atoms with van der Waals surface area (Å²) in [6.45, 7) is 5.65. The van der Waals surface area contributed by atoms with E-state index in [9.17, 15) is 18.0 Å². The maximum Gasteiger partial charge on any atom is 0.416 e. The van der Waals surface area contributed by atoms with Crippen LogP contribution in [0.5, 0.6) is 11.6 Å². The van der Waals surface area contributed by atoms with Crippen LogP contribution in [0.3, 0.4) is 0 Å². The highest BCUT2D eigenvalue weighted by Gasteiger charge is 2.33. The molecular formula is C30H31F3N6O2. The summed E-state index contributed by atoms with van der Waals surface area (Å²) in [7, 11) is 0. The summed E-state index contributed by atoms with van der Waals surface area (Å²) in [6.07, 6.45) is -0.832. The average molecular weight is 565 g/mol. The summed E-state index contributed by atoms with van der Waals surface area (Å²) in [5, 5.41) is 3.60. The molecule has 0 radical (unpaired) electrons. The van der Waals surface area contributed by atoms with E-state index >= 15 is 0 Å². The van der Waals surface area contributed by atoms with Crippen LogP contribution in [0, 0.1) is 5.92 Å². The molecule has 1 unspecified atom stereocenters. The van der Waals surface area contributed by atoms with Crippen LogP contribution < -0.4 is 15.8 Å². The minimum Gasteiger partial charge on any atom is -0.437 e. The smallest absolute Gasteiger partial charge is 0.416 e. The number of hydrogen-bond donors (Lipinski definition) is 2. The number of benzene rings is 2. The second-order valence-electron chi connectivity index (χ2n) is 10.6. The Morgan fingerprint density at radius 2 is 1.95 bits per heavy atom. The summed E-state index contributed by atoms with van der Waals surface area (Å²) < 4.78 is 47.1. The first-order valence-electron chi connectivity index (χ1n) is 13.5. The summed E-state index contributed by atoms with van der Waals surface area (Å²) in [6, 6.07) is 13.2. The minimum atomic E-state index is -4.59. The quantitative estimate of drug-likeness (QED) is 0.263. The van der Waals surface area contributed by atoms with Gasteiger partial charge in [-0.15, -0.1) is 0 Å². The van der Waals surface area contributed by atoms with Crippen molar-refractivity contribution in [2.24, 2.45) is 5.92 Å². The summed E-state index contributed by atoms with van der Waals surface area (Å²) in [5.41, 5.74) is 6.14. The zero-order chi connectivity index (χ0) is 29.1. The van der Waals surface area contributed by atoms with Gasteiger partial charge in [0.15, 0.2) is 5.75 Å². The predicted molar refractivity (Wildman–Crippen MR) is 151 cm³/mol. The highest BCUT2D eigenvalue weighted by molar-refractivity contribution is 5.98. The highest BCUT2D eigenvalue weighted by atomic mass is 19.4. The third kappa shape index (κ3) is 6.57. The lowest BCUT2D eigenvalue weighted by atomic mass is 9.99. The lowest BCUT2D eigenvalue weighted by molar-refractivity contribution is -0.137. The van der Waals surface area contributed by atoms with Gasteiger partial charge in [-0.05, 0) is 55.6 Å². The van der Waals surface area contributed by atoms with E-state index in [0.29, 0.717) is 35.0 Å². The van der Waals surface area contributed by atoms with Crippen molar-refractivity contribution in [3.63, 3.8) is 0 Å². The third-order valence-corrected chi connectivity index (χ3v) is 6.96. The molecule has 4 aromatic rings. The number of likely N-dealkylation sites (tertiary alicyclic amines) is 1. The zero-order valence-corrected chi connectivity index (χ0v) is 22.8. The number of nitrogens with zero attached hydrogens (tertiary/aromatic N) is 4. The van der Waals surface area contributed by atoms with Gasteiger partial charge < -0.3 is 15.8 Å². The average Bonchev–Trinajstić information content (AvgIpc) is 2.93. The van der Waals surface area contributed by atoms with Crippen LogP contribution in [0.25, 0.3) is 22.2 Å². The third-order valence-electron chi connectivity index (χ3n) is 6.96. The van der Waals surface area contributed by atoms with Crippen molar-refractivity contribution >= 4 is 28.3 Å². The second-order valence-corrected chi connectivity index (χ2v) is 10.6. The van der Waals surface area contributed by atoms with E-state index in [1.54, 1.807) is 18.2 Å². The standard InChI is InChI=1S/C30H31F3N6O2/c1-18(2)16-39-13-4-3-7-24(39)29(40)37-23-14-20(30(31,32)33)10-11-21(23)22-15-27(36-17-35-22)41-25-8-5-6-19-9-12-26(34)38-28(19)25/h5-6,8-12,14-15,17-18,24H,3-4,7,13,16H2,1-2H3,(H2,34,38)(H,37,40). The van der Waals surface area contributed by atoms with Crippen molar-refractivity contribution in [2.45, 2.75) is 45.3 Å². The van der Waals surface area contributed by atoms with Crippen molar-refractivity contribution in [3.05, 3.63) is 66.5 Å². The lowest BCUT2D eigenvalue weighted by Gasteiger charge is -2.35. The van der Waals surface area contributed by atoms with Crippen molar-refractivity contribution in [1.82, 2.24) is 19.9 Å². The van der Waals surface area contributed by atoms with Crippen LogP contribution in [0.4, 0.5) is 24.7 Å². The number of carbonyl (C=O) groups is 1. The van der Waals surface area contributed by atoms with Crippen LogP contribution in [0.15, 0.2) is 60.9 Å². The van der Waals surface area contributed by atoms with Crippen LogP contribution in [-0.4, -0.2) is 44.9 Å². The highest BCUT2D eigenvalue weighted by Crippen LogP contribution is 2.37. The number of ether oxygens (including phenoxy) is 1. The van der Waals surface area contributed by atoms with Gasteiger partial charge in [0.1, 0.15) is 17.7 Å². The maximum absolute atomic E-state index is 13.7. The Morgan fingerprint density at radius 1 is 1.12 bits per heavy atom. The zero-order valence-electron chi connectivity index (χ0n) is 22.8. The molecule has 41 heavy (non-hydrogen) atoms. The van der Waals surface area contributed by atoms with Crippen molar-refractivity contribution in [2.75, 3.05) is 24.1 Å². The molecule has 0 saturated carbocycles. The van der Waals surface area contributed by atoms with E-state index in [1.165, 1.54) is 18.5 Å². The molecule has 11 heteroatoms. The van der Waals surface area contributed by atoms with Gasteiger partial charge in [-0.3, -0.25) is 9.69 Å². The SMILES string of the molecule is CC(C)CN1CCCCC1C(=O)Nc1cc(C(F)(F)F)ccc1-c1cc(Oc2cccc3ccc(N)nc23)ncn1. The minimum absolute atomic E-state index is 0.0177. The molecule has 1 fully saturated rings. The van der Waals surface area contributed by atoms with Crippen LogP contribution >= 0.6 is 0 Å². The van der Waals surface area contributed by atoms with Gasteiger partial charge in [0.2, 0.25) is 11.8 Å². The molecular weight excluding hydrogens is 533 g/mol. The number of anilines is 2. The molecule has 3 N–H and O–H groups in total. The largest absolute Gasteiger partial charge is 0.437 e. The first-order chi connectivity index (χ1) is 19.6. The van der Waals surface area contributed by atoms with Gasteiger partial charge in [0.25, 0.3) is 0 Å². The first kappa shape index (κ1) is 28.3. The Bertz CT molecular complexity index is 1560. The number of rotatable bonds is 7. The molecule has 1 saturated heterocycles. The summed E-state index contributed by atoms with van der Waals surface area (Å²) in [5.74, 6) is 0.894. The number of aromatic nitrogens is 3. The predicted octanol–water partition coefficient (Wildman–Crippen LogP) is 6.53. The Kier molecular flexibility index (Phi) is 8.07. The Morgan fingerprint density at radius 3 is 2.73 bits per heavy atom. The van der Waals surface area contributed by atoms with E-state index in [2.05, 4.69) is 39.0 Å². The van der Waals surface area contributed by atoms with E-state index in [-0.39, 0.29) is 23.2 Å². The number of carbonyl (C=O) groups excluding carboxylic acids is 1. The number of nitrogens with one attached hydrogen (secondary N) is 1. The van der Waals surface area contributed by atoms with Gasteiger partial charge in [-0.1, -0.05) is 38.5 Å². The number of piperidine rings is 1. The maximum atomic E-state index is 13.7. The molecule has 1 amide bonds. The van der Waals surface area contributed by atoms with Crippen molar-refractivity contribution in [3.8, 4) is 22.9 Å². The van der Waals surface area contributed by atoms with Crippen LogP contribution in [-0.2, 0) is 11.0 Å². The molecule has 0 aliphatic carbocycles. The molecule has 214 valence electrons. The van der Waals surface area contributed by atoms with E-state index in [0.717, 1.165) is 43.5 Å². The molecule has 5 rings (SSSR count). The van der Waals surface area contributed by atoms with Gasteiger partial charge in [-0.25, -0.2) is 15.0 Å². The molecule has 0 spiro atoms. The molecule has 2 aromatic heterocycles. The number of halogens is 3. The van der Waals surface area contributed by atoms with E-state index in [1.807, 2.05) is 12.1 Å². The van der Waals surface area contributed by atoms with Gasteiger partial charge in [0, 0.05) is 23.6 Å². The lowest BCUT2D eigenvalue weighted by Crippen LogP contribution is -2.48. The fourth-order valence-electron chi connectivity index (χ4n) is 5.11. The topological polar surface area (TPSA) is 106 Å². The number of para-hydroxylation sites is 1. The molecule has 1 aliphatic heterocycles. The number of amides is 1. The van der Waals surface area contributed by atoms with Gasteiger partial charge in [0.05, 0.1) is 23.0 Å². The summed E-state index contributed by atoms with van der Waals surface area (Å²) >= 11 is 0. The molecule has 8 nitrogen and oxygen atoms in total. The number of hydrogen-bond acceptors (Lipinski definition) is 7. The number of nitrogens with two attached hydrogens (primary N) is 1. The number of alkyl halides is 3. The van der Waals surface area contributed by atoms with Gasteiger partial charge >= 0.3 is 6.18 Å². The Balaban J connectivity index is 1.48. The molecule has 0 bridgehead atoms.